The predicted molar refractivity (Wildman–Crippen MR) is 120 cm³/mol. The fourth-order valence-corrected chi connectivity index (χ4v) is 3.87. The maximum atomic E-state index is 5.45. The average Bonchev–Trinajstić information content (AvgIpc) is 3.45. The first-order valence-electron chi connectivity index (χ1n) is 10.2. The van der Waals surface area contributed by atoms with Crippen molar-refractivity contribution in [2.45, 2.75) is 32.0 Å². The smallest absolute Gasteiger partial charge is 0.217 e. The molecular formula is C23H24N6S. The molecule has 30 heavy (non-hydrogen) atoms. The zero-order valence-corrected chi connectivity index (χ0v) is 17.7. The van der Waals surface area contributed by atoms with Gasteiger partial charge < -0.3 is 0 Å². The number of hydrogen-bond donors (Lipinski definition) is 1. The highest BCUT2D eigenvalue weighted by Crippen LogP contribution is 2.37. The van der Waals surface area contributed by atoms with Crippen molar-refractivity contribution < 1.29 is 0 Å². The van der Waals surface area contributed by atoms with Gasteiger partial charge in [-0.3, -0.25) is 10.00 Å². The molecule has 1 aliphatic rings. The lowest BCUT2D eigenvalue weighted by atomic mass is 10.1. The third-order valence-corrected chi connectivity index (χ3v) is 5.65. The van der Waals surface area contributed by atoms with Gasteiger partial charge in [-0.2, -0.15) is 5.10 Å². The van der Waals surface area contributed by atoms with E-state index in [4.69, 9.17) is 17.3 Å². The van der Waals surface area contributed by atoms with Crippen molar-refractivity contribution in [3.8, 4) is 16.9 Å². The average molecular weight is 417 g/mol. The summed E-state index contributed by atoms with van der Waals surface area (Å²) in [6.07, 6.45) is 4.53. The zero-order chi connectivity index (χ0) is 20.5. The molecule has 0 spiro atoms. The second-order valence-electron chi connectivity index (χ2n) is 7.90. The van der Waals surface area contributed by atoms with Gasteiger partial charge in [-0.15, -0.1) is 0 Å². The molecule has 1 aliphatic carbocycles. The van der Waals surface area contributed by atoms with Gasteiger partial charge in [0.15, 0.2) is 0 Å². The first-order chi connectivity index (χ1) is 14.7. The Kier molecular flexibility index (Phi) is 5.06. The van der Waals surface area contributed by atoms with Crippen molar-refractivity contribution in [3.63, 3.8) is 0 Å². The first kappa shape index (κ1) is 19.0. The number of nitrogens with zero attached hydrogens (tertiary/aromatic N) is 5. The van der Waals surface area contributed by atoms with E-state index < -0.39 is 0 Å². The van der Waals surface area contributed by atoms with Crippen LogP contribution < -0.4 is 0 Å². The van der Waals surface area contributed by atoms with E-state index in [2.05, 4.69) is 52.5 Å². The number of para-hydroxylation sites is 1. The lowest BCUT2D eigenvalue weighted by molar-refractivity contribution is 0.244. The fraction of sp³-hybridized carbons (Fsp3) is 0.261. The van der Waals surface area contributed by atoms with Crippen LogP contribution in [0, 0.1) is 4.77 Å². The molecule has 2 aromatic heterocycles. The Morgan fingerprint density at radius 1 is 1.07 bits per heavy atom. The maximum absolute atomic E-state index is 5.45. The van der Waals surface area contributed by atoms with E-state index in [0.29, 0.717) is 17.4 Å². The minimum Gasteiger partial charge on any atom is -0.283 e. The Morgan fingerprint density at radius 3 is 2.47 bits per heavy atom. The van der Waals surface area contributed by atoms with Crippen molar-refractivity contribution in [2.24, 2.45) is 0 Å². The Bertz CT molecular complexity index is 1190. The van der Waals surface area contributed by atoms with Gasteiger partial charge in [0.05, 0.1) is 18.1 Å². The van der Waals surface area contributed by atoms with Gasteiger partial charge in [0.2, 0.25) is 4.77 Å². The summed E-state index contributed by atoms with van der Waals surface area (Å²) in [6, 6.07) is 20.6. The van der Waals surface area contributed by atoms with E-state index in [-0.39, 0.29) is 0 Å². The van der Waals surface area contributed by atoms with Crippen LogP contribution in [0.1, 0.15) is 30.1 Å². The standard InChI is InChI=1S/C23H24N6S/c1-27(16-29-23(30)24-22(26-29)18-12-13-18)14-19-15-28(20-10-6-3-7-11-20)25-21(19)17-8-4-2-5-9-17/h2-11,15,18H,12-14,16H2,1H3,(H,24,26,30). The minimum atomic E-state index is 0.562. The predicted octanol–water partition coefficient (Wildman–Crippen LogP) is 4.76. The van der Waals surface area contributed by atoms with Crippen LogP contribution in [-0.2, 0) is 13.2 Å². The number of hydrogen-bond acceptors (Lipinski definition) is 4. The molecule has 2 aromatic carbocycles. The molecule has 0 radical (unpaired) electrons. The summed E-state index contributed by atoms with van der Waals surface area (Å²) < 4.78 is 4.53. The van der Waals surface area contributed by atoms with Gasteiger partial charge >= 0.3 is 0 Å². The SMILES string of the molecule is CN(Cc1cn(-c2ccccc2)nc1-c1ccccc1)Cn1[nH]c(C2CC2)nc1=S. The van der Waals surface area contributed by atoms with Crippen molar-refractivity contribution in [1.29, 1.82) is 0 Å². The van der Waals surface area contributed by atoms with Gasteiger partial charge in [0, 0.05) is 29.8 Å². The highest BCUT2D eigenvalue weighted by Gasteiger charge is 2.27. The quantitative estimate of drug-likeness (QED) is 0.441. The van der Waals surface area contributed by atoms with Crippen LogP contribution in [0.4, 0.5) is 0 Å². The molecule has 1 saturated carbocycles. The highest BCUT2D eigenvalue weighted by molar-refractivity contribution is 7.71. The van der Waals surface area contributed by atoms with Gasteiger partial charge in [-0.25, -0.2) is 14.3 Å². The molecule has 152 valence electrons. The summed E-state index contributed by atoms with van der Waals surface area (Å²) in [5, 5.41) is 8.28. The van der Waals surface area contributed by atoms with Gasteiger partial charge in [-0.05, 0) is 44.2 Å². The van der Waals surface area contributed by atoms with E-state index in [1.54, 1.807) is 0 Å². The normalized spacial score (nSPS) is 13.8. The Balaban J connectivity index is 1.42. The van der Waals surface area contributed by atoms with Gasteiger partial charge in [0.1, 0.15) is 5.82 Å². The number of aromatic nitrogens is 5. The summed E-state index contributed by atoms with van der Waals surface area (Å²) in [4.78, 5) is 6.75. The van der Waals surface area contributed by atoms with E-state index in [1.807, 2.05) is 45.8 Å². The fourth-order valence-electron chi connectivity index (χ4n) is 3.67. The van der Waals surface area contributed by atoms with Crippen LogP contribution in [0.3, 0.4) is 0 Å². The van der Waals surface area contributed by atoms with Crippen molar-refractivity contribution in [3.05, 3.63) is 83.0 Å². The molecule has 0 unspecified atom stereocenters. The number of rotatable bonds is 7. The Labute approximate surface area is 180 Å². The molecule has 7 heteroatoms. The van der Waals surface area contributed by atoms with E-state index in [1.165, 1.54) is 18.4 Å². The van der Waals surface area contributed by atoms with E-state index in [0.717, 1.165) is 29.3 Å². The molecule has 0 aliphatic heterocycles. The maximum Gasteiger partial charge on any atom is 0.217 e. The van der Waals surface area contributed by atoms with Gasteiger partial charge in [0.25, 0.3) is 0 Å². The third kappa shape index (κ3) is 3.99. The molecule has 5 rings (SSSR count). The minimum absolute atomic E-state index is 0.562. The molecular weight excluding hydrogens is 392 g/mol. The molecule has 0 amide bonds. The Morgan fingerprint density at radius 2 is 1.77 bits per heavy atom. The summed E-state index contributed by atoms with van der Waals surface area (Å²) in [5.74, 6) is 1.59. The van der Waals surface area contributed by atoms with Crippen molar-refractivity contribution >= 4 is 12.2 Å². The monoisotopic (exact) mass is 416 g/mol. The van der Waals surface area contributed by atoms with Crippen LogP contribution in [0.25, 0.3) is 16.9 Å². The first-order valence-corrected chi connectivity index (χ1v) is 10.6. The topological polar surface area (TPSA) is 54.7 Å². The summed E-state index contributed by atoms with van der Waals surface area (Å²) >= 11 is 5.45. The number of H-pyrrole nitrogens is 1. The van der Waals surface area contributed by atoms with Crippen LogP contribution >= 0.6 is 12.2 Å². The summed E-state index contributed by atoms with van der Waals surface area (Å²) in [5.41, 5.74) is 4.33. The van der Waals surface area contributed by atoms with E-state index in [9.17, 15) is 0 Å². The summed E-state index contributed by atoms with van der Waals surface area (Å²) in [6.45, 7) is 1.40. The molecule has 0 bridgehead atoms. The lowest BCUT2D eigenvalue weighted by Gasteiger charge is -2.16. The van der Waals surface area contributed by atoms with Crippen molar-refractivity contribution in [2.75, 3.05) is 7.05 Å². The molecule has 0 atom stereocenters. The number of benzene rings is 2. The highest BCUT2D eigenvalue weighted by atomic mass is 32.1. The molecule has 0 saturated heterocycles. The van der Waals surface area contributed by atoms with Crippen LogP contribution in [0.5, 0.6) is 0 Å². The van der Waals surface area contributed by atoms with Crippen LogP contribution in [0.2, 0.25) is 0 Å². The second kappa shape index (κ2) is 8.01. The number of aromatic amines is 1. The number of nitrogens with one attached hydrogen (secondary N) is 1. The molecule has 2 heterocycles. The zero-order valence-electron chi connectivity index (χ0n) is 16.9. The van der Waals surface area contributed by atoms with Gasteiger partial charge in [-0.1, -0.05) is 48.5 Å². The largest absolute Gasteiger partial charge is 0.283 e. The third-order valence-electron chi connectivity index (χ3n) is 5.34. The van der Waals surface area contributed by atoms with Crippen LogP contribution in [0.15, 0.2) is 66.9 Å². The lowest BCUT2D eigenvalue weighted by Crippen LogP contribution is -2.22. The summed E-state index contributed by atoms with van der Waals surface area (Å²) in [7, 11) is 2.09. The van der Waals surface area contributed by atoms with E-state index >= 15 is 0 Å². The molecule has 6 nitrogen and oxygen atoms in total. The van der Waals surface area contributed by atoms with Crippen molar-refractivity contribution in [1.82, 2.24) is 29.4 Å². The van der Waals surface area contributed by atoms with Crippen LogP contribution in [-0.4, -0.2) is 36.5 Å². The molecule has 1 N–H and O–H groups in total. The Hall–Kier alpha value is -3.03. The molecule has 1 fully saturated rings. The molecule has 4 aromatic rings. The second-order valence-corrected chi connectivity index (χ2v) is 8.26.